The summed E-state index contributed by atoms with van der Waals surface area (Å²) >= 11 is 5.89. The van der Waals surface area contributed by atoms with Gasteiger partial charge in [0.05, 0.1) is 44.0 Å². The number of nitrogens with zero attached hydrogens (tertiary/aromatic N) is 2. The van der Waals surface area contributed by atoms with Crippen LogP contribution in [0.4, 0.5) is 15.8 Å². The van der Waals surface area contributed by atoms with Gasteiger partial charge in [-0.3, -0.25) is 9.59 Å². The zero-order valence-corrected chi connectivity index (χ0v) is 15.5. The van der Waals surface area contributed by atoms with Crippen LogP contribution in [0.15, 0.2) is 48.5 Å². The molecule has 2 aromatic rings. The topological polar surface area (TPSA) is 45.1 Å². The lowest BCUT2D eigenvalue weighted by Crippen LogP contribution is -3.19. The molecule has 0 unspecified atom stereocenters. The monoisotopic (exact) mass is 388 g/mol. The Balaban J connectivity index is 1.44. The third-order valence-corrected chi connectivity index (χ3v) is 5.58. The highest BCUT2D eigenvalue weighted by Crippen LogP contribution is 2.24. The van der Waals surface area contributed by atoms with Crippen molar-refractivity contribution < 1.29 is 18.9 Å². The molecule has 4 rings (SSSR count). The van der Waals surface area contributed by atoms with Gasteiger partial charge < -0.3 is 9.80 Å². The average Bonchev–Trinajstić information content (AvgIpc) is 2.97. The summed E-state index contributed by atoms with van der Waals surface area (Å²) in [5.74, 6) is -0.588. The van der Waals surface area contributed by atoms with Gasteiger partial charge in [-0.25, -0.2) is 9.29 Å². The molecule has 2 saturated heterocycles. The molecule has 2 heterocycles. The van der Waals surface area contributed by atoms with Gasteiger partial charge >= 0.3 is 0 Å². The first-order valence-corrected chi connectivity index (χ1v) is 9.39. The summed E-state index contributed by atoms with van der Waals surface area (Å²) in [6.45, 7) is 2.67. The zero-order valence-electron chi connectivity index (χ0n) is 14.7. The summed E-state index contributed by atoms with van der Waals surface area (Å²) in [7, 11) is 0. The molecule has 2 amide bonds. The molecule has 0 bridgehead atoms. The van der Waals surface area contributed by atoms with E-state index in [0.717, 1.165) is 4.90 Å². The van der Waals surface area contributed by atoms with E-state index in [-0.39, 0.29) is 30.1 Å². The summed E-state index contributed by atoms with van der Waals surface area (Å²) < 4.78 is 14.0. The number of halogens is 2. The predicted molar refractivity (Wildman–Crippen MR) is 102 cm³/mol. The summed E-state index contributed by atoms with van der Waals surface area (Å²) in [6, 6.07) is 13.1. The molecule has 2 aliphatic rings. The Bertz CT molecular complexity index is 866. The van der Waals surface area contributed by atoms with Crippen molar-refractivity contribution in [3.63, 3.8) is 0 Å². The van der Waals surface area contributed by atoms with Crippen LogP contribution < -0.4 is 14.7 Å². The molecule has 0 spiro atoms. The number of quaternary nitrogens is 1. The fraction of sp³-hybridized carbons (Fsp3) is 0.300. The molecule has 0 aliphatic carbocycles. The third-order valence-electron chi connectivity index (χ3n) is 5.32. The van der Waals surface area contributed by atoms with E-state index in [1.54, 1.807) is 36.4 Å². The van der Waals surface area contributed by atoms with Gasteiger partial charge in [0.1, 0.15) is 5.82 Å². The van der Waals surface area contributed by atoms with E-state index in [0.29, 0.717) is 42.6 Å². The van der Waals surface area contributed by atoms with E-state index in [1.807, 2.05) is 11.0 Å². The number of carbonyl (C=O) groups is 2. The molecule has 5 nitrogen and oxygen atoms in total. The number of imide groups is 1. The second-order valence-electron chi connectivity index (χ2n) is 6.90. The van der Waals surface area contributed by atoms with Crippen LogP contribution in [-0.4, -0.2) is 44.0 Å². The minimum Gasteiger partial charge on any atom is -0.358 e. The molecular formula is C20H20ClFN3O2+. The lowest BCUT2D eigenvalue weighted by Gasteiger charge is -2.35. The van der Waals surface area contributed by atoms with Gasteiger partial charge in [-0.2, -0.15) is 0 Å². The number of nitrogens with one attached hydrogen (secondary N) is 1. The van der Waals surface area contributed by atoms with Crippen molar-refractivity contribution in [1.29, 1.82) is 0 Å². The highest BCUT2D eigenvalue weighted by Gasteiger charge is 2.46. The van der Waals surface area contributed by atoms with Gasteiger partial charge in [-0.15, -0.1) is 0 Å². The molecule has 2 aliphatic heterocycles. The Morgan fingerprint density at radius 2 is 1.67 bits per heavy atom. The van der Waals surface area contributed by atoms with Crippen LogP contribution in [-0.2, 0) is 9.59 Å². The number of rotatable bonds is 3. The zero-order chi connectivity index (χ0) is 19.0. The molecule has 2 aromatic carbocycles. The quantitative estimate of drug-likeness (QED) is 0.811. The average molecular weight is 389 g/mol. The van der Waals surface area contributed by atoms with E-state index in [9.17, 15) is 14.0 Å². The Kier molecular flexibility index (Phi) is 4.85. The van der Waals surface area contributed by atoms with Crippen LogP contribution in [0.2, 0.25) is 5.02 Å². The maximum atomic E-state index is 14.0. The maximum Gasteiger partial charge on any atom is 0.292 e. The Morgan fingerprint density at radius 3 is 2.33 bits per heavy atom. The molecule has 2 fully saturated rings. The van der Waals surface area contributed by atoms with Crippen molar-refractivity contribution in [3.05, 3.63) is 59.4 Å². The predicted octanol–water partition coefficient (Wildman–Crippen LogP) is 1.52. The number of piperazine rings is 1. The lowest BCUT2D eigenvalue weighted by atomic mass is 10.1. The molecule has 1 atom stereocenters. The van der Waals surface area contributed by atoms with Gasteiger partial charge in [0, 0.05) is 5.02 Å². The SMILES string of the molecule is O=C1C[C@H]([NH+]2CCN(c3ccccc3F)CC2)C(=O)N1c1ccc(Cl)cc1. The van der Waals surface area contributed by atoms with E-state index in [4.69, 9.17) is 11.6 Å². The maximum absolute atomic E-state index is 14.0. The first-order valence-electron chi connectivity index (χ1n) is 9.01. The van der Waals surface area contributed by atoms with Gasteiger partial charge in [-0.05, 0) is 36.4 Å². The van der Waals surface area contributed by atoms with Crippen LogP contribution in [0.5, 0.6) is 0 Å². The number of carbonyl (C=O) groups excluding carboxylic acids is 2. The van der Waals surface area contributed by atoms with Crippen LogP contribution in [0.3, 0.4) is 0 Å². The second-order valence-corrected chi connectivity index (χ2v) is 7.33. The second kappa shape index (κ2) is 7.29. The highest BCUT2D eigenvalue weighted by molar-refractivity contribution is 6.30. The normalized spacial score (nSPS) is 21.2. The molecule has 140 valence electrons. The fourth-order valence-electron chi connectivity index (χ4n) is 3.90. The standard InChI is InChI=1S/C20H19ClFN3O2/c21-14-5-7-15(8-6-14)25-19(26)13-18(20(25)27)24-11-9-23(10-12-24)17-4-2-1-3-16(17)22/h1-8,18H,9-13H2/p+1/t18-/m0/s1. The van der Waals surface area contributed by atoms with Crippen LogP contribution >= 0.6 is 11.6 Å². The molecule has 0 aromatic heterocycles. The molecule has 1 N–H and O–H groups in total. The van der Waals surface area contributed by atoms with E-state index >= 15 is 0 Å². The first-order chi connectivity index (χ1) is 13.0. The van der Waals surface area contributed by atoms with E-state index in [2.05, 4.69) is 0 Å². The molecule has 0 saturated carbocycles. The Morgan fingerprint density at radius 1 is 1.00 bits per heavy atom. The van der Waals surface area contributed by atoms with E-state index < -0.39 is 0 Å². The molecular weight excluding hydrogens is 369 g/mol. The van der Waals surface area contributed by atoms with Crippen molar-refractivity contribution in [2.75, 3.05) is 36.0 Å². The summed E-state index contributed by atoms with van der Waals surface area (Å²) in [4.78, 5) is 29.7. The minimum atomic E-state index is -0.379. The Hall–Kier alpha value is -2.44. The molecule has 27 heavy (non-hydrogen) atoms. The van der Waals surface area contributed by atoms with E-state index in [1.165, 1.54) is 11.0 Å². The summed E-state index contributed by atoms with van der Waals surface area (Å²) in [5, 5.41) is 0.560. The number of hydrogen-bond donors (Lipinski definition) is 1. The number of benzene rings is 2. The third kappa shape index (κ3) is 3.42. The summed E-state index contributed by atoms with van der Waals surface area (Å²) in [5.41, 5.74) is 1.15. The van der Waals surface area contributed by atoms with Crippen molar-refractivity contribution in [2.45, 2.75) is 12.5 Å². The largest absolute Gasteiger partial charge is 0.358 e. The van der Waals surface area contributed by atoms with Gasteiger partial charge in [0.15, 0.2) is 6.04 Å². The van der Waals surface area contributed by atoms with Crippen molar-refractivity contribution in [1.82, 2.24) is 0 Å². The van der Waals surface area contributed by atoms with Crippen LogP contribution in [0.25, 0.3) is 0 Å². The first kappa shape index (κ1) is 17.9. The van der Waals surface area contributed by atoms with Crippen molar-refractivity contribution >= 4 is 34.8 Å². The van der Waals surface area contributed by atoms with Crippen LogP contribution in [0.1, 0.15) is 6.42 Å². The number of para-hydroxylation sites is 1. The summed E-state index contributed by atoms with van der Waals surface area (Å²) in [6.07, 6.45) is 0.205. The van der Waals surface area contributed by atoms with Crippen molar-refractivity contribution in [2.24, 2.45) is 0 Å². The molecule has 0 radical (unpaired) electrons. The van der Waals surface area contributed by atoms with Gasteiger partial charge in [-0.1, -0.05) is 23.7 Å². The fourth-order valence-corrected chi connectivity index (χ4v) is 4.03. The number of amides is 2. The molecule has 7 heteroatoms. The highest BCUT2D eigenvalue weighted by atomic mass is 35.5. The lowest BCUT2D eigenvalue weighted by molar-refractivity contribution is -0.915. The smallest absolute Gasteiger partial charge is 0.292 e. The van der Waals surface area contributed by atoms with Crippen LogP contribution in [0, 0.1) is 5.82 Å². The van der Waals surface area contributed by atoms with Gasteiger partial charge in [0.2, 0.25) is 5.91 Å². The number of hydrogen-bond acceptors (Lipinski definition) is 3. The number of anilines is 2. The van der Waals surface area contributed by atoms with Crippen molar-refractivity contribution in [3.8, 4) is 0 Å². The van der Waals surface area contributed by atoms with Gasteiger partial charge in [0.25, 0.3) is 5.91 Å². The Labute approximate surface area is 161 Å². The minimum absolute atomic E-state index is 0.170.